The highest BCUT2D eigenvalue weighted by Gasteiger charge is 2.21. The molecule has 1 N–H and O–H groups in total. The van der Waals surface area contributed by atoms with Gasteiger partial charge in [0.15, 0.2) is 0 Å². The van der Waals surface area contributed by atoms with Gasteiger partial charge in [0.25, 0.3) is 0 Å². The molecule has 3 heteroatoms. The van der Waals surface area contributed by atoms with E-state index in [0.717, 1.165) is 11.0 Å². The Kier molecular flexibility index (Phi) is 3.87. The predicted molar refractivity (Wildman–Crippen MR) is 70.9 cm³/mol. The Balaban J connectivity index is 1.92. The van der Waals surface area contributed by atoms with E-state index in [0.29, 0.717) is 12.2 Å². The van der Waals surface area contributed by atoms with Gasteiger partial charge in [-0.15, -0.1) is 0 Å². The van der Waals surface area contributed by atoms with E-state index in [1.54, 1.807) is 0 Å². The fourth-order valence-electron chi connectivity index (χ4n) is 2.06. The highest BCUT2D eigenvalue weighted by atomic mass is 79.9. The topological polar surface area (TPSA) is 21.3 Å². The summed E-state index contributed by atoms with van der Waals surface area (Å²) in [5, 5.41) is 3.46. The average molecular weight is 284 g/mol. The Bertz CT molecular complexity index is 367. The Hall–Kier alpha value is -0.540. The van der Waals surface area contributed by atoms with Crippen LogP contribution in [0.2, 0.25) is 0 Å². The smallest absolute Gasteiger partial charge is 0.0751 e. The number of hydrogen-bond donors (Lipinski definition) is 1. The second-order valence-electron chi connectivity index (χ2n) is 4.44. The summed E-state index contributed by atoms with van der Waals surface area (Å²) >= 11 is 3.54. The molecule has 88 valence electrons. The first-order chi connectivity index (χ1) is 7.66. The quantitative estimate of drug-likeness (QED) is 0.913. The molecule has 2 atom stereocenters. The van der Waals surface area contributed by atoms with Crippen molar-refractivity contribution in [1.29, 1.82) is 0 Å². The van der Waals surface area contributed by atoms with E-state index >= 15 is 0 Å². The normalized spacial score (nSPS) is 24.7. The minimum atomic E-state index is 0.369. The highest BCUT2D eigenvalue weighted by Crippen LogP contribution is 2.25. The number of anilines is 1. The third-order valence-electron chi connectivity index (χ3n) is 3.11. The van der Waals surface area contributed by atoms with Gasteiger partial charge in [-0.1, -0.05) is 22.0 Å². The fraction of sp³-hybridized carbons (Fsp3) is 0.538. The van der Waals surface area contributed by atoms with Crippen molar-refractivity contribution in [2.45, 2.75) is 38.9 Å². The maximum absolute atomic E-state index is 5.78. The van der Waals surface area contributed by atoms with Gasteiger partial charge >= 0.3 is 0 Å². The van der Waals surface area contributed by atoms with E-state index in [1.165, 1.54) is 24.1 Å². The minimum absolute atomic E-state index is 0.369. The highest BCUT2D eigenvalue weighted by molar-refractivity contribution is 9.10. The van der Waals surface area contributed by atoms with Crippen molar-refractivity contribution in [3.05, 3.63) is 28.2 Å². The number of benzene rings is 1. The molecule has 1 aliphatic heterocycles. The van der Waals surface area contributed by atoms with Gasteiger partial charge in [0.2, 0.25) is 0 Å². The van der Waals surface area contributed by atoms with E-state index in [2.05, 4.69) is 53.3 Å². The second kappa shape index (κ2) is 5.19. The van der Waals surface area contributed by atoms with Crippen LogP contribution >= 0.6 is 15.9 Å². The fourth-order valence-corrected chi connectivity index (χ4v) is 2.42. The summed E-state index contributed by atoms with van der Waals surface area (Å²) in [6, 6.07) is 6.23. The molecule has 2 rings (SSSR count). The van der Waals surface area contributed by atoms with Gasteiger partial charge in [-0.2, -0.15) is 0 Å². The van der Waals surface area contributed by atoms with E-state index in [1.807, 2.05) is 0 Å². The molecular weight excluding hydrogens is 266 g/mol. The zero-order valence-corrected chi connectivity index (χ0v) is 11.4. The molecule has 2 unspecified atom stereocenters. The molecule has 0 radical (unpaired) electrons. The zero-order chi connectivity index (χ0) is 11.5. The average Bonchev–Trinajstić information content (AvgIpc) is 2.67. The minimum Gasteiger partial charge on any atom is -0.382 e. The molecule has 1 heterocycles. The third-order valence-corrected chi connectivity index (χ3v) is 3.97. The lowest BCUT2D eigenvalue weighted by Crippen LogP contribution is -2.20. The lowest BCUT2D eigenvalue weighted by Gasteiger charge is -2.15. The molecule has 0 saturated carbocycles. The number of rotatable bonds is 3. The molecule has 0 spiro atoms. The number of halogens is 1. The van der Waals surface area contributed by atoms with Crippen molar-refractivity contribution in [2.24, 2.45) is 0 Å². The van der Waals surface area contributed by atoms with Crippen molar-refractivity contribution >= 4 is 21.6 Å². The van der Waals surface area contributed by atoms with E-state index in [4.69, 9.17) is 4.74 Å². The monoisotopic (exact) mass is 283 g/mol. The summed E-state index contributed by atoms with van der Waals surface area (Å²) in [6.45, 7) is 5.16. The van der Waals surface area contributed by atoms with Crippen LogP contribution in [-0.2, 0) is 4.74 Å². The molecule has 0 amide bonds. The first-order valence-corrected chi connectivity index (χ1v) is 6.60. The predicted octanol–water partition coefficient (Wildman–Crippen LogP) is 3.74. The van der Waals surface area contributed by atoms with Crippen LogP contribution in [0.3, 0.4) is 0 Å². The second-order valence-corrected chi connectivity index (χ2v) is 5.29. The maximum atomic E-state index is 5.78. The summed E-state index contributed by atoms with van der Waals surface area (Å²) in [7, 11) is 0. The summed E-state index contributed by atoms with van der Waals surface area (Å²) < 4.78 is 6.93. The van der Waals surface area contributed by atoms with Crippen molar-refractivity contribution in [2.75, 3.05) is 11.9 Å². The van der Waals surface area contributed by atoms with Crippen LogP contribution in [0.15, 0.2) is 22.7 Å². The van der Waals surface area contributed by atoms with Crippen molar-refractivity contribution in [3.63, 3.8) is 0 Å². The van der Waals surface area contributed by atoms with Crippen LogP contribution in [0.5, 0.6) is 0 Å². The number of nitrogens with one attached hydrogen (secondary N) is 1. The molecule has 1 fully saturated rings. The Morgan fingerprint density at radius 3 is 2.94 bits per heavy atom. The van der Waals surface area contributed by atoms with E-state index in [-0.39, 0.29) is 0 Å². The Morgan fingerprint density at radius 2 is 2.25 bits per heavy atom. The first kappa shape index (κ1) is 11.9. The molecule has 1 aliphatic rings. The molecule has 16 heavy (non-hydrogen) atoms. The maximum Gasteiger partial charge on any atom is 0.0751 e. The van der Waals surface area contributed by atoms with Gasteiger partial charge in [0.05, 0.1) is 12.2 Å². The largest absolute Gasteiger partial charge is 0.382 e. The molecule has 1 aromatic rings. The van der Waals surface area contributed by atoms with Gasteiger partial charge in [-0.05, 0) is 44.4 Å². The van der Waals surface area contributed by atoms with Crippen molar-refractivity contribution in [1.82, 2.24) is 0 Å². The lowest BCUT2D eigenvalue weighted by atomic mass is 10.2. The van der Waals surface area contributed by atoms with Crippen molar-refractivity contribution < 1.29 is 4.74 Å². The van der Waals surface area contributed by atoms with Crippen LogP contribution in [-0.4, -0.2) is 18.8 Å². The van der Waals surface area contributed by atoms with Crippen LogP contribution in [0.25, 0.3) is 0 Å². The summed E-state index contributed by atoms with van der Waals surface area (Å²) in [5.41, 5.74) is 2.45. The summed E-state index contributed by atoms with van der Waals surface area (Å²) in [4.78, 5) is 0. The number of ether oxygens (including phenoxy) is 1. The van der Waals surface area contributed by atoms with Crippen LogP contribution in [0, 0.1) is 6.92 Å². The molecule has 0 aromatic heterocycles. The van der Waals surface area contributed by atoms with Crippen LogP contribution < -0.4 is 5.32 Å². The Morgan fingerprint density at radius 1 is 1.44 bits per heavy atom. The lowest BCUT2D eigenvalue weighted by molar-refractivity contribution is 0.0637. The zero-order valence-electron chi connectivity index (χ0n) is 9.79. The van der Waals surface area contributed by atoms with Gasteiger partial charge in [0, 0.05) is 16.7 Å². The van der Waals surface area contributed by atoms with Crippen LogP contribution in [0.1, 0.15) is 25.3 Å². The summed E-state index contributed by atoms with van der Waals surface area (Å²) in [6.07, 6.45) is 3.15. The van der Waals surface area contributed by atoms with Gasteiger partial charge < -0.3 is 10.1 Å². The third kappa shape index (κ3) is 2.77. The molecular formula is C13H18BrNO. The van der Waals surface area contributed by atoms with Crippen LogP contribution in [0.4, 0.5) is 5.69 Å². The molecule has 0 bridgehead atoms. The molecule has 0 aliphatic carbocycles. The van der Waals surface area contributed by atoms with Gasteiger partial charge in [-0.25, -0.2) is 0 Å². The van der Waals surface area contributed by atoms with Crippen molar-refractivity contribution in [3.8, 4) is 0 Å². The summed E-state index contributed by atoms with van der Waals surface area (Å²) in [5.74, 6) is 0. The first-order valence-electron chi connectivity index (χ1n) is 5.81. The van der Waals surface area contributed by atoms with E-state index in [9.17, 15) is 0 Å². The number of hydrogen-bond acceptors (Lipinski definition) is 2. The van der Waals surface area contributed by atoms with Gasteiger partial charge in [-0.3, -0.25) is 0 Å². The molecule has 1 aromatic carbocycles. The molecule has 2 nitrogen and oxygen atoms in total. The van der Waals surface area contributed by atoms with Gasteiger partial charge in [0.1, 0.15) is 0 Å². The van der Waals surface area contributed by atoms with E-state index < -0.39 is 0 Å². The Labute approximate surface area is 106 Å². The molecule has 1 saturated heterocycles. The standard InChI is InChI=1S/C13H18BrNO/c1-9-6-7-11(16-9)8-15-13-5-3-4-12(14)10(13)2/h3-5,9,11,15H,6-8H2,1-2H3. The SMILES string of the molecule is Cc1c(Br)cccc1NCC1CCC(C)O1.